The van der Waals surface area contributed by atoms with Crippen LogP contribution in [0.15, 0.2) is 18.2 Å². The van der Waals surface area contributed by atoms with E-state index in [9.17, 15) is 9.18 Å². The average molecular weight is 265 g/mol. The Morgan fingerprint density at radius 1 is 1.47 bits per heavy atom. The number of rotatable bonds is 4. The van der Waals surface area contributed by atoms with Crippen LogP contribution >= 0.6 is 0 Å². The molecule has 0 bridgehead atoms. The summed E-state index contributed by atoms with van der Waals surface area (Å²) in [4.78, 5) is 12.1. The monoisotopic (exact) mass is 265 g/mol. The van der Waals surface area contributed by atoms with Crippen LogP contribution in [0.1, 0.15) is 35.2 Å². The Morgan fingerprint density at radius 2 is 2.26 bits per heavy atom. The van der Waals surface area contributed by atoms with Gasteiger partial charge in [-0.1, -0.05) is 6.07 Å². The molecule has 1 aliphatic rings. The molecule has 1 amide bonds. The molecule has 0 spiro atoms. The van der Waals surface area contributed by atoms with E-state index in [4.69, 9.17) is 4.74 Å². The lowest BCUT2D eigenvalue weighted by Gasteiger charge is -2.13. The zero-order valence-corrected chi connectivity index (χ0v) is 11.4. The molecule has 3 nitrogen and oxygen atoms in total. The van der Waals surface area contributed by atoms with Gasteiger partial charge in [-0.05, 0) is 49.8 Å². The fourth-order valence-electron chi connectivity index (χ4n) is 2.58. The van der Waals surface area contributed by atoms with Crippen LogP contribution in [0.5, 0.6) is 5.75 Å². The first-order valence-electron chi connectivity index (χ1n) is 6.65. The summed E-state index contributed by atoms with van der Waals surface area (Å²) in [6, 6.07) is 5.49. The summed E-state index contributed by atoms with van der Waals surface area (Å²) in [7, 11) is 1.59. The number of aryl methyl sites for hydroxylation is 1. The molecule has 0 aliphatic heterocycles. The van der Waals surface area contributed by atoms with E-state index < -0.39 is 0 Å². The second-order valence-electron chi connectivity index (χ2n) is 5.19. The number of amides is 1. The summed E-state index contributed by atoms with van der Waals surface area (Å²) in [6.45, 7) is 1.65. The smallest absolute Gasteiger partial charge is 0.251 e. The van der Waals surface area contributed by atoms with Crippen molar-refractivity contribution < 1.29 is 13.9 Å². The number of ether oxygens (including phenoxy) is 1. The molecule has 19 heavy (non-hydrogen) atoms. The van der Waals surface area contributed by atoms with Gasteiger partial charge in [0.2, 0.25) is 0 Å². The summed E-state index contributed by atoms with van der Waals surface area (Å²) in [5.74, 6) is 0.710. The zero-order valence-electron chi connectivity index (χ0n) is 11.4. The first kappa shape index (κ1) is 13.8. The van der Waals surface area contributed by atoms with E-state index in [0.717, 1.165) is 24.8 Å². The number of carbonyl (C=O) groups is 1. The molecule has 0 aromatic heterocycles. The van der Waals surface area contributed by atoms with Crippen molar-refractivity contribution in [3.05, 3.63) is 29.3 Å². The first-order valence-corrected chi connectivity index (χ1v) is 6.65. The molecule has 1 aliphatic carbocycles. The Balaban J connectivity index is 2.00. The SMILES string of the molecule is COc1cc(C(=O)N[C@@H]2CC[C@@H](CF)C2)ccc1C. The van der Waals surface area contributed by atoms with Crippen LogP contribution in [-0.4, -0.2) is 25.7 Å². The van der Waals surface area contributed by atoms with Gasteiger partial charge in [0, 0.05) is 11.6 Å². The molecule has 2 rings (SSSR count). The predicted molar refractivity (Wildman–Crippen MR) is 72.3 cm³/mol. The third-order valence-corrected chi connectivity index (χ3v) is 3.76. The van der Waals surface area contributed by atoms with Gasteiger partial charge >= 0.3 is 0 Å². The quantitative estimate of drug-likeness (QED) is 0.909. The number of nitrogens with one attached hydrogen (secondary N) is 1. The third-order valence-electron chi connectivity index (χ3n) is 3.76. The minimum Gasteiger partial charge on any atom is -0.496 e. The molecular weight excluding hydrogens is 245 g/mol. The molecule has 4 heteroatoms. The van der Waals surface area contributed by atoms with Gasteiger partial charge in [0.25, 0.3) is 5.91 Å². The van der Waals surface area contributed by atoms with E-state index in [0.29, 0.717) is 11.3 Å². The minimum absolute atomic E-state index is 0.0977. The third kappa shape index (κ3) is 3.25. The van der Waals surface area contributed by atoms with Crippen molar-refractivity contribution in [1.29, 1.82) is 0 Å². The molecule has 1 N–H and O–H groups in total. The van der Waals surface area contributed by atoms with Crippen LogP contribution in [0, 0.1) is 12.8 Å². The highest BCUT2D eigenvalue weighted by Gasteiger charge is 2.26. The van der Waals surface area contributed by atoms with Crippen molar-refractivity contribution in [1.82, 2.24) is 5.32 Å². The molecule has 1 aromatic carbocycles. The fourth-order valence-corrected chi connectivity index (χ4v) is 2.58. The second kappa shape index (κ2) is 6.04. The van der Waals surface area contributed by atoms with Crippen LogP contribution in [0.3, 0.4) is 0 Å². The zero-order chi connectivity index (χ0) is 13.8. The Kier molecular flexibility index (Phi) is 4.40. The predicted octanol–water partition coefficient (Wildman–Crippen LogP) is 2.87. The number of hydrogen-bond acceptors (Lipinski definition) is 2. The molecule has 0 saturated heterocycles. The van der Waals surface area contributed by atoms with Crippen LogP contribution < -0.4 is 10.1 Å². The molecule has 0 radical (unpaired) electrons. The Bertz CT molecular complexity index is 461. The van der Waals surface area contributed by atoms with Crippen LogP contribution in [-0.2, 0) is 0 Å². The molecular formula is C15H20FNO2. The highest BCUT2D eigenvalue weighted by atomic mass is 19.1. The van der Waals surface area contributed by atoms with Gasteiger partial charge in [0.15, 0.2) is 0 Å². The summed E-state index contributed by atoms with van der Waals surface area (Å²) in [5, 5.41) is 2.97. The summed E-state index contributed by atoms with van der Waals surface area (Å²) < 4.78 is 17.8. The largest absolute Gasteiger partial charge is 0.496 e. The fraction of sp³-hybridized carbons (Fsp3) is 0.533. The maximum atomic E-state index is 12.5. The number of methoxy groups -OCH3 is 1. The van der Waals surface area contributed by atoms with Crippen molar-refractivity contribution >= 4 is 5.91 Å². The highest BCUT2D eigenvalue weighted by molar-refractivity contribution is 5.94. The summed E-state index contributed by atoms with van der Waals surface area (Å²) in [6.07, 6.45) is 2.47. The van der Waals surface area contributed by atoms with Gasteiger partial charge in [0.05, 0.1) is 13.8 Å². The van der Waals surface area contributed by atoms with E-state index in [-0.39, 0.29) is 24.5 Å². The van der Waals surface area contributed by atoms with E-state index >= 15 is 0 Å². The standard InChI is InChI=1S/C15H20FNO2/c1-10-3-5-12(8-14(10)19-2)15(18)17-13-6-4-11(7-13)9-16/h3,5,8,11,13H,4,6-7,9H2,1-2H3,(H,17,18)/t11-,13-/m1/s1. The summed E-state index contributed by atoms with van der Waals surface area (Å²) >= 11 is 0. The number of hydrogen-bond donors (Lipinski definition) is 1. The van der Waals surface area contributed by atoms with Crippen molar-refractivity contribution in [3.63, 3.8) is 0 Å². The van der Waals surface area contributed by atoms with E-state index in [2.05, 4.69) is 5.32 Å². The van der Waals surface area contributed by atoms with Gasteiger partial charge in [-0.2, -0.15) is 0 Å². The molecule has 1 aromatic rings. The van der Waals surface area contributed by atoms with Gasteiger partial charge < -0.3 is 10.1 Å². The van der Waals surface area contributed by atoms with E-state index in [1.54, 1.807) is 19.2 Å². The molecule has 0 heterocycles. The van der Waals surface area contributed by atoms with Crippen molar-refractivity contribution in [2.45, 2.75) is 32.2 Å². The molecule has 2 atom stereocenters. The number of halogens is 1. The lowest BCUT2D eigenvalue weighted by atomic mass is 10.1. The van der Waals surface area contributed by atoms with Gasteiger partial charge in [-0.25, -0.2) is 0 Å². The lowest BCUT2D eigenvalue weighted by molar-refractivity contribution is 0.0936. The number of benzene rings is 1. The highest BCUT2D eigenvalue weighted by Crippen LogP contribution is 2.26. The maximum absolute atomic E-state index is 12.5. The molecule has 0 unspecified atom stereocenters. The van der Waals surface area contributed by atoms with E-state index in [1.807, 2.05) is 13.0 Å². The summed E-state index contributed by atoms with van der Waals surface area (Å²) in [5.41, 5.74) is 1.59. The van der Waals surface area contributed by atoms with Crippen LogP contribution in [0.2, 0.25) is 0 Å². The Labute approximate surface area is 113 Å². The lowest BCUT2D eigenvalue weighted by Crippen LogP contribution is -2.33. The van der Waals surface area contributed by atoms with Crippen LogP contribution in [0.4, 0.5) is 4.39 Å². The average Bonchev–Trinajstić information content (AvgIpc) is 2.86. The first-order chi connectivity index (χ1) is 9.13. The normalized spacial score (nSPS) is 22.3. The van der Waals surface area contributed by atoms with Crippen LogP contribution in [0.25, 0.3) is 0 Å². The van der Waals surface area contributed by atoms with Crippen molar-refractivity contribution in [3.8, 4) is 5.75 Å². The van der Waals surface area contributed by atoms with Crippen molar-refractivity contribution in [2.24, 2.45) is 5.92 Å². The number of carbonyl (C=O) groups excluding carboxylic acids is 1. The van der Waals surface area contributed by atoms with Crippen molar-refractivity contribution in [2.75, 3.05) is 13.8 Å². The topological polar surface area (TPSA) is 38.3 Å². The van der Waals surface area contributed by atoms with E-state index in [1.165, 1.54) is 0 Å². The van der Waals surface area contributed by atoms with Gasteiger partial charge in [-0.15, -0.1) is 0 Å². The van der Waals surface area contributed by atoms with Gasteiger partial charge in [0.1, 0.15) is 5.75 Å². The number of alkyl halides is 1. The minimum atomic E-state index is -0.287. The Morgan fingerprint density at radius 3 is 2.89 bits per heavy atom. The maximum Gasteiger partial charge on any atom is 0.251 e. The van der Waals surface area contributed by atoms with Gasteiger partial charge in [-0.3, -0.25) is 9.18 Å². The molecule has 1 fully saturated rings. The second-order valence-corrected chi connectivity index (χ2v) is 5.19. The Hall–Kier alpha value is -1.58. The molecule has 104 valence electrons. The molecule has 1 saturated carbocycles.